The van der Waals surface area contributed by atoms with Crippen molar-refractivity contribution in [3.63, 3.8) is 0 Å². The molecule has 4 N–H and O–H groups in total. The summed E-state index contributed by atoms with van der Waals surface area (Å²) >= 11 is 0. The Kier molecular flexibility index (Phi) is 8.57. The van der Waals surface area contributed by atoms with E-state index in [1.54, 1.807) is 18.2 Å². The van der Waals surface area contributed by atoms with Gasteiger partial charge in [0.15, 0.2) is 5.78 Å². The van der Waals surface area contributed by atoms with Gasteiger partial charge in [-0.15, -0.1) is 0 Å². The number of piperidine rings is 1. The van der Waals surface area contributed by atoms with Crippen LogP contribution in [0.25, 0.3) is 0 Å². The summed E-state index contributed by atoms with van der Waals surface area (Å²) in [6.45, 7) is 13.6. The van der Waals surface area contributed by atoms with Crippen LogP contribution in [0.2, 0.25) is 0 Å². The van der Waals surface area contributed by atoms with Gasteiger partial charge in [-0.25, -0.2) is 17.9 Å². The van der Waals surface area contributed by atoms with Crippen LogP contribution in [0, 0.1) is 34.5 Å². The summed E-state index contributed by atoms with van der Waals surface area (Å²) in [5.41, 5.74) is -2.36. The van der Waals surface area contributed by atoms with Crippen LogP contribution in [0.4, 0.5) is 4.79 Å². The Morgan fingerprint density at radius 2 is 1.57 bits per heavy atom. The van der Waals surface area contributed by atoms with Gasteiger partial charge < -0.3 is 20.9 Å². The summed E-state index contributed by atoms with van der Waals surface area (Å²) in [6, 6.07) is 4.29. The number of ketones is 1. The lowest BCUT2D eigenvalue weighted by Crippen LogP contribution is -2.62. The highest BCUT2D eigenvalue weighted by atomic mass is 32.2. The van der Waals surface area contributed by atoms with Crippen molar-refractivity contribution in [1.29, 1.82) is 0 Å². The third-order valence-corrected chi connectivity index (χ3v) is 11.6. The first-order chi connectivity index (χ1) is 21.3. The Balaban J connectivity index is 1.31. The maximum atomic E-state index is 14.2. The number of urea groups is 1. The zero-order chi connectivity index (χ0) is 34.0. The quantitative estimate of drug-likeness (QED) is 0.283. The number of hydrogen-bond acceptors (Lipinski definition) is 7. The SMILES string of the molecule is CC(C)[C@H](NC(=O)N[C@H](C(=O)N1CC2[C@@H](C1C(=O)NC1(C(=O)NS(=O)(=O)c3ccccc3)CC1)C2(C)C)C(C)(C)C)C(=O)C1CC1. The van der Waals surface area contributed by atoms with E-state index in [0.717, 1.165) is 12.8 Å². The summed E-state index contributed by atoms with van der Waals surface area (Å²) in [4.78, 5) is 68.9. The van der Waals surface area contributed by atoms with Crippen LogP contribution in [0.5, 0.6) is 0 Å². The van der Waals surface area contributed by atoms with Crippen LogP contribution in [0.1, 0.15) is 74.1 Å². The van der Waals surface area contributed by atoms with Gasteiger partial charge in [-0.3, -0.25) is 19.2 Å². The van der Waals surface area contributed by atoms with E-state index in [0.29, 0.717) is 6.54 Å². The largest absolute Gasteiger partial charge is 0.340 e. The molecule has 2 unspecified atom stereocenters. The Morgan fingerprint density at radius 3 is 2.09 bits per heavy atom. The van der Waals surface area contributed by atoms with Crippen LogP contribution in [0.3, 0.4) is 0 Å². The van der Waals surface area contributed by atoms with Crippen molar-refractivity contribution >= 4 is 39.6 Å². The first-order valence-corrected chi connectivity index (χ1v) is 17.6. The highest BCUT2D eigenvalue weighted by molar-refractivity contribution is 7.90. The zero-order valence-corrected chi connectivity index (χ0v) is 28.5. The van der Waals surface area contributed by atoms with Crippen molar-refractivity contribution in [3.8, 4) is 0 Å². The third-order valence-electron chi connectivity index (χ3n) is 10.2. The Hall–Kier alpha value is -3.48. The van der Waals surface area contributed by atoms with Crippen LogP contribution in [-0.4, -0.2) is 73.1 Å². The average molecular weight is 658 g/mol. The van der Waals surface area contributed by atoms with Crippen LogP contribution < -0.4 is 20.7 Å². The third kappa shape index (κ3) is 6.52. The van der Waals surface area contributed by atoms with Gasteiger partial charge >= 0.3 is 6.03 Å². The van der Waals surface area contributed by atoms with Gasteiger partial charge in [-0.2, -0.15) is 0 Å². The molecule has 1 aliphatic heterocycles. The summed E-state index contributed by atoms with van der Waals surface area (Å²) in [6.07, 6.45) is 2.15. The number of sulfonamides is 1. The predicted molar refractivity (Wildman–Crippen MR) is 169 cm³/mol. The fourth-order valence-corrected chi connectivity index (χ4v) is 7.92. The molecule has 1 saturated heterocycles. The maximum Gasteiger partial charge on any atom is 0.316 e. The standard InChI is InChI=1S/C33H47N5O7S/c1-18(2)23(25(39)19-13-14-19)34-30(43)35-26(31(3,4)5)28(41)38-17-21-22(32(21,6)7)24(38)27(40)36-33(15-16-33)29(42)37-46(44,45)20-11-9-8-10-12-20/h8-12,18-19,21-24,26H,13-17H2,1-7H3,(H,36,40)(H,37,42)(H2,34,35,43)/t21?,22-,23-,24?,26+/m0/s1. The normalized spacial score (nSPS) is 25.5. The molecule has 1 aromatic rings. The fraction of sp³-hybridized carbons (Fsp3) is 0.667. The number of likely N-dealkylation sites (tertiary alicyclic amines) is 1. The van der Waals surface area contributed by atoms with E-state index in [1.807, 2.05) is 48.5 Å². The minimum absolute atomic E-state index is 0.00278. The zero-order valence-electron chi connectivity index (χ0n) is 27.7. The summed E-state index contributed by atoms with van der Waals surface area (Å²) < 4.78 is 27.8. The molecule has 0 bridgehead atoms. The van der Waals surface area contributed by atoms with E-state index < -0.39 is 62.9 Å². The van der Waals surface area contributed by atoms with Crippen molar-refractivity contribution in [3.05, 3.63) is 30.3 Å². The molecule has 252 valence electrons. The van der Waals surface area contributed by atoms with E-state index in [-0.39, 0.29) is 52.6 Å². The molecule has 46 heavy (non-hydrogen) atoms. The average Bonchev–Trinajstić information content (AvgIpc) is 3.92. The number of rotatable bonds is 11. The lowest BCUT2D eigenvalue weighted by atomic mass is 9.85. The lowest BCUT2D eigenvalue weighted by Gasteiger charge is -2.38. The minimum atomic E-state index is -4.15. The molecule has 0 spiro atoms. The number of benzene rings is 1. The molecule has 1 aromatic carbocycles. The van der Waals surface area contributed by atoms with E-state index in [9.17, 15) is 32.4 Å². The molecule has 0 aromatic heterocycles. The number of amides is 5. The maximum absolute atomic E-state index is 14.2. The first kappa shape index (κ1) is 33.9. The van der Waals surface area contributed by atoms with Gasteiger partial charge in [0.2, 0.25) is 11.8 Å². The number of carbonyl (C=O) groups excluding carboxylic acids is 5. The summed E-state index contributed by atoms with van der Waals surface area (Å²) in [5, 5.41) is 8.40. The minimum Gasteiger partial charge on any atom is -0.340 e. The number of fused-ring (bicyclic) bond motifs is 1. The second-order valence-electron chi connectivity index (χ2n) is 15.5. The fourth-order valence-electron chi connectivity index (χ4n) is 6.85. The van der Waals surface area contributed by atoms with Gasteiger partial charge in [0.25, 0.3) is 15.9 Å². The van der Waals surface area contributed by atoms with Crippen molar-refractivity contribution in [2.75, 3.05) is 6.54 Å². The van der Waals surface area contributed by atoms with Gasteiger partial charge in [-0.1, -0.05) is 66.7 Å². The Morgan fingerprint density at radius 1 is 0.957 bits per heavy atom. The monoisotopic (exact) mass is 657 g/mol. The van der Waals surface area contributed by atoms with Crippen molar-refractivity contribution in [2.45, 2.75) is 103 Å². The van der Waals surface area contributed by atoms with Crippen molar-refractivity contribution in [2.24, 2.45) is 34.5 Å². The van der Waals surface area contributed by atoms with E-state index >= 15 is 0 Å². The molecular weight excluding hydrogens is 610 g/mol. The summed E-state index contributed by atoms with van der Waals surface area (Å²) in [7, 11) is -4.15. The molecule has 1 heterocycles. The topological polar surface area (TPSA) is 171 Å². The second-order valence-corrected chi connectivity index (χ2v) is 17.2. The molecule has 3 saturated carbocycles. The van der Waals surface area contributed by atoms with Gasteiger partial charge in [-0.05, 0) is 66.4 Å². The first-order valence-electron chi connectivity index (χ1n) is 16.2. The van der Waals surface area contributed by atoms with E-state index in [1.165, 1.54) is 17.0 Å². The van der Waals surface area contributed by atoms with Gasteiger partial charge in [0, 0.05) is 12.5 Å². The van der Waals surface area contributed by atoms with Crippen LogP contribution in [-0.2, 0) is 29.2 Å². The number of carbonyl (C=O) groups is 5. The number of nitrogens with zero attached hydrogens (tertiary/aromatic N) is 1. The molecule has 13 heteroatoms. The van der Waals surface area contributed by atoms with E-state index in [2.05, 4.69) is 20.7 Å². The second kappa shape index (κ2) is 11.6. The Bertz CT molecular complexity index is 1530. The van der Waals surface area contributed by atoms with Crippen LogP contribution in [0.15, 0.2) is 35.2 Å². The molecule has 3 aliphatic carbocycles. The highest BCUT2D eigenvalue weighted by Crippen LogP contribution is 2.65. The highest BCUT2D eigenvalue weighted by Gasteiger charge is 2.70. The van der Waals surface area contributed by atoms with Crippen LogP contribution >= 0.6 is 0 Å². The molecule has 4 aliphatic rings. The number of hydrogen-bond donors (Lipinski definition) is 4. The number of nitrogens with one attached hydrogen (secondary N) is 4. The number of Topliss-reactive ketones (excluding diaryl/α,β-unsaturated/α-hetero) is 1. The molecule has 5 amide bonds. The Labute approximate surface area is 271 Å². The lowest BCUT2D eigenvalue weighted by molar-refractivity contribution is -0.144. The molecule has 12 nitrogen and oxygen atoms in total. The summed E-state index contributed by atoms with van der Waals surface area (Å²) in [5.74, 6) is -2.06. The molecule has 5 atom stereocenters. The molecular formula is C33H47N5O7S. The van der Waals surface area contributed by atoms with Gasteiger partial charge in [0.1, 0.15) is 17.6 Å². The van der Waals surface area contributed by atoms with E-state index in [4.69, 9.17) is 0 Å². The van der Waals surface area contributed by atoms with Crippen molar-refractivity contribution in [1.82, 2.24) is 25.6 Å². The molecule has 5 rings (SSSR count). The predicted octanol–water partition coefficient (Wildman–Crippen LogP) is 2.34. The van der Waals surface area contributed by atoms with Gasteiger partial charge in [0.05, 0.1) is 10.9 Å². The smallest absolute Gasteiger partial charge is 0.316 e. The van der Waals surface area contributed by atoms with Crippen molar-refractivity contribution < 1.29 is 32.4 Å². The molecule has 0 radical (unpaired) electrons. The molecule has 4 fully saturated rings.